The molecule has 1 aliphatic heterocycles. The molecule has 5 nitrogen and oxygen atoms in total. The highest BCUT2D eigenvalue weighted by Gasteiger charge is 2.29. The summed E-state index contributed by atoms with van der Waals surface area (Å²) in [6.45, 7) is 3.63. The number of nitrogens with zero attached hydrogens (tertiary/aromatic N) is 2. The number of carbonyl (C=O) groups is 2. The number of carbonyl (C=O) groups excluding carboxylic acids is 2. The van der Waals surface area contributed by atoms with E-state index >= 15 is 0 Å². The van der Waals surface area contributed by atoms with Crippen LogP contribution >= 0.6 is 0 Å². The molecule has 0 saturated carbocycles. The normalized spacial score (nSPS) is 16.2. The Morgan fingerprint density at radius 1 is 1.00 bits per heavy atom. The molecule has 2 amide bonds. The van der Waals surface area contributed by atoms with Gasteiger partial charge in [-0.3, -0.25) is 9.59 Å². The zero-order valence-corrected chi connectivity index (χ0v) is 18.8. The van der Waals surface area contributed by atoms with Gasteiger partial charge in [-0.05, 0) is 42.7 Å². The third-order valence-electron chi connectivity index (χ3n) is 6.44. The summed E-state index contributed by atoms with van der Waals surface area (Å²) in [6, 6.07) is 24.1. The summed E-state index contributed by atoms with van der Waals surface area (Å²) in [5, 5.41) is 5.99. The van der Waals surface area contributed by atoms with Crippen molar-refractivity contribution in [3.63, 3.8) is 0 Å². The molecule has 1 unspecified atom stereocenters. The molecule has 166 valence electrons. The highest BCUT2D eigenvalue weighted by atomic mass is 16.2. The molecule has 5 heteroatoms. The number of nitrogens with one attached hydrogen (secondary N) is 1. The van der Waals surface area contributed by atoms with Gasteiger partial charge in [0.05, 0.1) is 22.7 Å². The van der Waals surface area contributed by atoms with Gasteiger partial charge in [0.2, 0.25) is 5.91 Å². The van der Waals surface area contributed by atoms with E-state index in [-0.39, 0.29) is 17.7 Å². The smallest absolute Gasteiger partial charge is 0.254 e. The fourth-order valence-electron chi connectivity index (χ4n) is 4.80. The van der Waals surface area contributed by atoms with E-state index in [1.165, 1.54) is 0 Å². The van der Waals surface area contributed by atoms with Gasteiger partial charge in [0.25, 0.3) is 5.91 Å². The lowest BCUT2D eigenvalue weighted by Crippen LogP contribution is -2.45. The molecule has 1 aromatic heterocycles. The lowest BCUT2D eigenvalue weighted by Gasteiger charge is -2.32. The minimum absolute atomic E-state index is 0.0334. The zero-order valence-electron chi connectivity index (χ0n) is 18.8. The van der Waals surface area contributed by atoms with Crippen molar-refractivity contribution in [2.75, 3.05) is 19.6 Å². The number of rotatable bonds is 4. The first-order valence-electron chi connectivity index (χ1n) is 11.6. The number of amides is 2. The van der Waals surface area contributed by atoms with Crippen molar-refractivity contribution >= 4 is 33.5 Å². The summed E-state index contributed by atoms with van der Waals surface area (Å²) >= 11 is 0. The average Bonchev–Trinajstić information content (AvgIpc) is 2.87. The number of likely N-dealkylation sites (tertiary alicyclic amines) is 1. The molecular formula is C28H27N3O2. The predicted molar refractivity (Wildman–Crippen MR) is 132 cm³/mol. The van der Waals surface area contributed by atoms with Crippen molar-refractivity contribution in [1.29, 1.82) is 0 Å². The van der Waals surface area contributed by atoms with Gasteiger partial charge < -0.3 is 10.2 Å². The van der Waals surface area contributed by atoms with Crippen LogP contribution in [0.4, 0.5) is 0 Å². The van der Waals surface area contributed by atoms with E-state index in [1.54, 1.807) is 0 Å². The van der Waals surface area contributed by atoms with Gasteiger partial charge in [0.1, 0.15) is 0 Å². The summed E-state index contributed by atoms with van der Waals surface area (Å²) in [6.07, 6.45) is 1.64. The van der Waals surface area contributed by atoms with E-state index in [4.69, 9.17) is 4.98 Å². The maximum atomic E-state index is 13.8. The Bertz CT molecular complexity index is 1340. The second-order valence-electron chi connectivity index (χ2n) is 8.58. The quantitative estimate of drug-likeness (QED) is 0.486. The summed E-state index contributed by atoms with van der Waals surface area (Å²) in [4.78, 5) is 32.9. The maximum Gasteiger partial charge on any atom is 0.254 e. The summed E-state index contributed by atoms with van der Waals surface area (Å²) in [5.41, 5.74) is 3.22. The van der Waals surface area contributed by atoms with Crippen LogP contribution < -0.4 is 5.32 Å². The minimum atomic E-state index is -0.159. The van der Waals surface area contributed by atoms with Crippen molar-refractivity contribution in [2.45, 2.75) is 19.8 Å². The first-order chi connectivity index (χ1) is 16.2. The van der Waals surface area contributed by atoms with Gasteiger partial charge in [0.15, 0.2) is 0 Å². The molecule has 0 spiro atoms. The molecular weight excluding hydrogens is 410 g/mol. The largest absolute Gasteiger partial charge is 0.356 e. The van der Waals surface area contributed by atoms with E-state index in [9.17, 15) is 9.59 Å². The molecule has 1 saturated heterocycles. The van der Waals surface area contributed by atoms with Crippen LogP contribution in [0, 0.1) is 5.92 Å². The fraction of sp³-hybridized carbons (Fsp3) is 0.250. The standard InChI is InChI=1S/C28H27N3O2/c1-2-29-27(32)20-11-8-16-31(18-20)28(33)24-17-26(30-25-15-6-5-13-23(24)25)22-14-7-10-19-9-3-4-12-21(19)22/h3-7,9-10,12-15,17,20H,2,8,11,16,18H2,1H3,(H,29,32). The molecule has 1 atom stereocenters. The lowest BCUT2D eigenvalue weighted by atomic mass is 9.95. The highest BCUT2D eigenvalue weighted by molar-refractivity contribution is 6.08. The van der Waals surface area contributed by atoms with Crippen LogP contribution in [0.5, 0.6) is 0 Å². The van der Waals surface area contributed by atoms with Gasteiger partial charge in [-0.25, -0.2) is 4.98 Å². The van der Waals surface area contributed by atoms with E-state index in [0.29, 0.717) is 25.2 Å². The van der Waals surface area contributed by atoms with E-state index in [0.717, 1.165) is 45.8 Å². The summed E-state index contributed by atoms with van der Waals surface area (Å²) < 4.78 is 0. The number of hydrogen-bond donors (Lipinski definition) is 1. The number of pyridine rings is 1. The van der Waals surface area contributed by atoms with Crippen LogP contribution in [0.2, 0.25) is 0 Å². The van der Waals surface area contributed by atoms with Crippen LogP contribution in [0.15, 0.2) is 72.8 Å². The maximum absolute atomic E-state index is 13.8. The molecule has 1 aliphatic rings. The van der Waals surface area contributed by atoms with Crippen molar-refractivity contribution in [1.82, 2.24) is 15.2 Å². The highest BCUT2D eigenvalue weighted by Crippen LogP contribution is 2.31. The number of benzene rings is 3. The minimum Gasteiger partial charge on any atom is -0.356 e. The molecule has 1 N–H and O–H groups in total. The molecule has 0 bridgehead atoms. The Kier molecular flexibility index (Phi) is 5.78. The molecule has 0 aliphatic carbocycles. The number of aromatic nitrogens is 1. The lowest BCUT2D eigenvalue weighted by molar-refractivity contribution is -0.126. The predicted octanol–water partition coefficient (Wildman–Crippen LogP) is 5.04. The van der Waals surface area contributed by atoms with Crippen LogP contribution in [0.3, 0.4) is 0 Å². The third-order valence-corrected chi connectivity index (χ3v) is 6.44. The van der Waals surface area contributed by atoms with Crippen molar-refractivity contribution in [3.05, 3.63) is 78.4 Å². The van der Waals surface area contributed by atoms with E-state index in [1.807, 2.05) is 60.4 Å². The Balaban J connectivity index is 1.58. The number of fused-ring (bicyclic) bond motifs is 2. The average molecular weight is 438 g/mol. The van der Waals surface area contributed by atoms with Crippen LogP contribution in [-0.4, -0.2) is 41.3 Å². The molecule has 4 aromatic rings. The number of piperidine rings is 1. The Hall–Kier alpha value is -3.73. The third kappa shape index (κ3) is 4.07. The van der Waals surface area contributed by atoms with Crippen LogP contribution in [0.1, 0.15) is 30.1 Å². The van der Waals surface area contributed by atoms with Crippen molar-refractivity contribution in [3.8, 4) is 11.3 Å². The first kappa shape index (κ1) is 21.1. The van der Waals surface area contributed by atoms with Gasteiger partial charge in [-0.2, -0.15) is 0 Å². The second-order valence-corrected chi connectivity index (χ2v) is 8.58. The Labute approximate surface area is 193 Å². The molecule has 5 rings (SSSR count). The monoisotopic (exact) mass is 437 g/mol. The molecule has 2 heterocycles. The fourth-order valence-corrected chi connectivity index (χ4v) is 4.80. The Morgan fingerprint density at radius 2 is 1.76 bits per heavy atom. The zero-order chi connectivity index (χ0) is 22.8. The molecule has 1 fully saturated rings. The van der Waals surface area contributed by atoms with Gasteiger partial charge in [0, 0.05) is 30.6 Å². The summed E-state index contributed by atoms with van der Waals surface area (Å²) in [7, 11) is 0. The molecule has 3 aromatic carbocycles. The van der Waals surface area contributed by atoms with Crippen LogP contribution in [-0.2, 0) is 4.79 Å². The van der Waals surface area contributed by atoms with Gasteiger partial charge in [-0.1, -0.05) is 60.7 Å². The molecule has 0 radical (unpaired) electrons. The van der Waals surface area contributed by atoms with Crippen molar-refractivity contribution < 1.29 is 9.59 Å². The second kappa shape index (κ2) is 9.02. The van der Waals surface area contributed by atoms with E-state index in [2.05, 4.69) is 29.6 Å². The van der Waals surface area contributed by atoms with E-state index < -0.39 is 0 Å². The van der Waals surface area contributed by atoms with Crippen molar-refractivity contribution in [2.24, 2.45) is 5.92 Å². The first-order valence-corrected chi connectivity index (χ1v) is 11.6. The van der Waals surface area contributed by atoms with Gasteiger partial charge >= 0.3 is 0 Å². The summed E-state index contributed by atoms with van der Waals surface area (Å²) in [5.74, 6) is -0.164. The topological polar surface area (TPSA) is 62.3 Å². The Morgan fingerprint density at radius 3 is 2.61 bits per heavy atom. The number of hydrogen-bond acceptors (Lipinski definition) is 3. The molecule has 33 heavy (non-hydrogen) atoms. The SMILES string of the molecule is CCNC(=O)C1CCCN(C(=O)c2cc(-c3cccc4ccccc34)nc3ccccc23)C1. The van der Waals surface area contributed by atoms with Crippen LogP contribution in [0.25, 0.3) is 32.9 Å². The number of para-hydroxylation sites is 1. The van der Waals surface area contributed by atoms with Gasteiger partial charge in [-0.15, -0.1) is 0 Å².